The predicted molar refractivity (Wildman–Crippen MR) is 57.7 cm³/mol. The lowest BCUT2D eigenvalue weighted by Gasteiger charge is -2.16. The molecule has 0 fully saturated rings. The summed E-state index contributed by atoms with van der Waals surface area (Å²) < 4.78 is 4.96. The summed E-state index contributed by atoms with van der Waals surface area (Å²) in [7, 11) is 1.62. The highest BCUT2D eigenvalue weighted by Crippen LogP contribution is 2.23. The number of anilines is 1. The number of nitrogens with one attached hydrogen (secondary N) is 1. The Balaban J connectivity index is 2.51. The molecule has 0 amide bonds. The number of aliphatic carboxylic acids is 1. The molecule has 0 radical (unpaired) electrons. The molecule has 84 valence electrons. The van der Waals surface area contributed by atoms with Crippen LogP contribution in [0.1, 0.15) is 0 Å². The van der Waals surface area contributed by atoms with Crippen LogP contribution in [0.5, 0.6) is 0 Å². The van der Waals surface area contributed by atoms with Crippen LogP contribution in [0, 0.1) is 0 Å². The van der Waals surface area contributed by atoms with E-state index in [1.807, 2.05) is 0 Å². The van der Waals surface area contributed by atoms with Gasteiger partial charge in [0.15, 0.2) is 5.58 Å². The second-order valence-corrected chi connectivity index (χ2v) is 3.42. The van der Waals surface area contributed by atoms with Gasteiger partial charge in [0.1, 0.15) is 6.54 Å². The molecule has 2 rings (SSSR count). The minimum Gasteiger partial charge on any atom is -0.480 e. The number of hydrogen-bond acceptors (Lipinski definition) is 4. The number of carbonyl (C=O) groups is 1. The summed E-state index contributed by atoms with van der Waals surface area (Å²) in [6.07, 6.45) is 0. The largest absolute Gasteiger partial charge is 0.480 e. The number of para-hydroxylation sites is 1. The van der Waals surface area contributed by atoms with Crippen LogP contribution in [-0.2, 0) is 4.79 Å². The molecule has 2 aromatic rings. The molecule has 0 saturated heterocycles. The lowest BCUT2D eigenvalue weighted by molar-refractivity contribution is -0.135. The van der Waals surface area contributed by atoms with Gasteiger partial charge in [-0.2, -0.15) is 0 Å². The summed E-state index contributed by atoms with van der Waals surface area (Å²) >= 11 is 0. The number of carboxylic acids is 1. The first-order chi connectivity index (χ1) is 7.58. The van der Waals surface area contributed by atoms with E-state index >= 15 is 0 Å². The molecule has 2 N–H and O–H groups in total. The smallest absolute Gasteiger partial charge is 0.417 e. The fourth-order valence-corrected chi connectivity index (χ4v) is 1.55. The second-order valence-electron chi connectivity index (χ2n) is 3.42. The predicted octanol–water partition coefficient (Wildman–Crippen LogP) is 0.642. The quantitative estimate of drug-likeness (QED) is 0.795. The maximum absolute atomic E-state index is 11.0. The third kappa shape index (κ3) is 1.77. The van der Waals surface area contributed by atoms with Crippen molar-refractivity contribution in [2.45, 2.75) is 0 Å². The van der Waals surface area contributed by atoms with Gasteiger partial charge in [-0.05, 0) is 12.1 Å². The summed E-state index contributed by atoms with van der Waals surface area (Å²) in [6.45, 7) is -0.159. The topological polar surface area (TPSA) is 86.5 Å². The van der Waals surface area contributed by atoms with E-state index in [0.717, 1.165) is 0 Å². The van der Waals surface area contributed by atoms with Crippen molar-refractivity contribution < 1.29 is 14.3 Å². The zero-order valence-electron chi connectivity index (χ0n) is 8.56. The van der Waals surface area contributed by atoms with Crippen LogP contribution < -0.4 is 10.7 Å². The van der Waals surface area contributed by atoms with Crippen molar-refractivity contribution in [2.75, 3.05) is 18.5 Å². The lowest BCUT2D eigenvalue weighted by Crippen LogP contribution is -2.25. The number of likely N-dealkylation sites (N-methyl/N-ethyl adjacent to an activating group) is 1. The molecule has 6 heteroatoms. The molecule has 1 heterocycles. The zero-order valence-corrected chi connectivity index (χ0v) is 8.56. The number of rotatable bonds is 3. The molecule has 0 unspecified atom stereocenters. The first-order valence-electron chi connectivity index (χ1n) is 4.62. The number of aromatic nitrogens is 1. The van der Waals surface area contributed by atoms with E-state index in [4.69, 9.17) is 9.52 Å². The number of carboxylic acid groups (broad SMARTS) is 1. The van der Waals surface area contributed by atoms with E-state index in [-0.39, 0.29) is 6.54 Å². The van der Waals surface area contributed by atoms with Crippen molar-refractivity contribution >= 4 is 22.8 Å². The Morgan fingerprint density at radius 2 is 2.31 bits per heavy atom. The average Bonchev–Trinajstić information content (AvgIpc) is 2.55. The average molecular weight is 222 g/mol. The van der Waals surface area contributed by atoms with Gasteiger partial charge >= 0.3 is 11.7 Å². The van der Waals surface area contributed by atoms with Gasteiger partial charge in [0, 0.05) is 7.05 Å². The van der Waals surface area contributed by atoms with Crippen LogP contribution in [0.4, 0.5) is 5.69 Å². The van der Waals surface area contributed by atoms with Crippen molar-refractivity contribution in [3.8, 4) is 0 Å². The van der Waals surface area contributed by atoms with Gasteiger partial charge in [0.25, 0.3) is 0 Å². The summed E-state index contributed by atoms with van der Waals surface area (Å²) in [4.78, 5) is 25.6. The Kier molecular flexibility index (Phi) is 2.40. The highest BCUT2D eigenvalue weighted by molar-refractivity contribution is 5.88. The molecule has 0 saturated carbocycles. The molecule has 0 aliphatic rings. The molecule has 0 aliphatic carbocycles. The Hall–Kier alpha value is -2.24. The summed E-state index contributed by atoms with van der Waals surface area (Å²) in [5, 5.41) is 8.68. The van der Waals surface area contributed by atoms with Gasteiger partial charge in [0.2, 0.25) is 0 Å². The van der Waals surface area contributed by atoms with Gasteiger partial charge in [0.05, 0.1) is 11.2 Å². The van der Waals surface area contributed by atoms with Crippen molar-refractivity contribution in [1.82, 2.24) is 4.98 Å². The van der Waals surface area contributed by atoms with E-state index in [9.17, 15) is 9.59 Å². The number of H-pyrrole nitrogens is 1. The molecule has 6 nitrogen and oxygen atoms in total. The highest BCUT2D eigenvalue weighted by atomic mass is 16.4. The first kappa shape index (κ1) is 10.3. The normalized spacial score (nSPS) is 10.6. The minimum absolute atomic E-state index is 0.159. The molecule has 16 heavy (non-hydrogen) atoms. The number of aromatic amines is 1. The molecule has 1 aromatic carbocycles. The third-order valence-corrected chi connectivity index (χ3v) is 2.21. The lowest BCUT2D eigenvalue weighted by atomic mass is 10.2. The van der Waals surface area contributed by atoms with Crippen LogP contribution in [0.2, 0.25) is 0 Å². The molecule has 1 aromatic heterocycles. The monoisotopic (exact) mass is 222 g/mol. The van der Waals surface area contributed by atoms with Gasteiger partial charge in [-0.3, -0.25) is 9.78 Å². The molecule has 0 aliphatic heterocycles. The Labute approximate surface area is 90.1 Å². The molecule has 0 bridgehead atoms. The zero-order chi connectivity index (χ0) is 11.7. The fourth-order valence-electron chi connectivity index (χ4n) is 1.55. The summed E-state index contributed by atoms with van der Waals surface area (Å²) in [5.74, 6) is -1.50. The van der Waals surface area contributed by atoms with E-state index in [0.29, 0.717) is 16.8 Å². The molecular weight excluding hydrogens is 212 g/mol. The summed E-state index contributed by atoms with van der Waals surface area (Å²) in [6, 6.07) is 5.11. The van der Waals surface area contributed by atoms with Crippen LogP contribution in [0.15, 0.2) is 27.4 Å². The fraction of sp³-hybridized carbons (Fsp3) is 0.200. The Bertz CT molecular complexity index is 584. The number of benzene rings is 1. The molecule has 0 atom stereocenters. The maximum Gasteiger partial charge on any atom is 0.417 e. The van der Waals surface area contributed by atoms with E-state index < -0.39 is 11.7 Å². The second kappa shape index (κ2) is 3.73. The van der Waals surface area contributed by atoms with Gasteiger partial charge in [-0.15, -0.1) is 0 Å². The van der Waals surface area contributed by atoms with Crippen LogP contribution >= 0.6 is 0 Å². The Morgan fingerprint density at radius 1 is 1.56 bits per heavy atom. The van der Waals surface area contributed by atoms with Crippen molar-refractivity contribution in [2.24, 2.45) is 0 Å². The number of nitrogens with zero attached hydrogens (tertiary/aromatic N) is 1. The van der Waals surface area contributed by atoms with Crippen molar-refractivity contribution in [3.63, 3.8) is 0 Å². The SMILES string of the molecule is CN(CC(=O)O)c1cccc2[nH]c(=O)oc12. The van der Waals surface area contributed by atoms with E-state index in [1.165, 1.54) is 4.90 Å². The molecular formula is C10H10N2O4. The number of hydrogen-bond donors (Lipinski definition) is 2. The minimum atomic E-state index is -0.947. The van der Waals surface area contributed by atoms with Gasteiger partial charge in [-0.25, -0.2) is 4.79 Å². The molecule has 0 spiro atoms. The van der Waals surface area contributed by atoms with Crippen LogP contribution in [-0.4, -0.2) is 29.7 Å². The maximum atomic E-state index is 11.0. The summed E-state index contributed by atoms with van der Waals surface area (Å²) in [5.41, 5.74) is 1.49. The van der Waals surface area contributed by atoms with E-state index in [2.05, 4.69) is 4.98 Å². The number of fused-ring (bicyclic) bond motifs is 1. The number of oxazole rings is 1. The van der Waals surface area contributed by atoms with Gasteiger partial charge in [-0.1, -0.05) is 6.07 Å². The van der Waals surface area contributed by atoms with Crippen LogP contribution in [0.25, 0.3) is 11.1 Å². The highest BCUT2D eigenvalue weighted by Gasteiger charge is 2.12. The van der Waals surface area contributed by atoms with Crippen molar-refractivity contribution in [1.29, 1.82) is 0 Å². The van der Waals surface area contributed by atoms with Crippen molar-refractivity contribution in [3.05, 3.63) is 28.7 Å². The van der Waals surface area contributed by atoms with E-state index in [1.54, 1.807) is 25.2 Å². The first-order valence-corrected chi connectivity index (χ1v) is 4.62. The Morgan fingerprint density at radius 3 is 3.00 bits per heavy atom. The standard InChI is InChI=1S/C10H10N2O4/c1-12(5-8(13)14)7-4-2-3-6-9(7)16-10(15)11-6/h2-4H,5H2,1H3,(H,11,15)(H,13,14). The van der Waals surface area contributed by atoms with Crippen LogP contribution in [0.3, 0.4) is 0 Å². The third-order valence-electron chi connectivity index (χ3n) is 2.21. The van der Waals surface area contributed by atoms with Gasteiger partial charge < -0.3 is 14.4 Å².